The van der Waals surface area contributed by atoms with Crippen molar-refractivity contribution >= 4 is 29.4 Å². The fraction of sp³-hybridized carbons (Fsp3) is 0.353. The van der Waals surface area contributed by atoms with Crippen LogP contribution < -0.4 is 20.5 Å². The van der Waals surface area contributed by atoms with E-state index in [0.29, 0.717) is 29.7 Å². The van der Waals surface area contributed by atoms with Gasteiger partial charge < -0.3 is 20.5 Å². The van der Waals surface area contributed by atoms with Gasteiger partial charge in [0.25, 0.3) is 5.91 Å². The summed E-state index contributed by atoms with van der Waals surface area (Å²) in [5.41, 5.74) is 7.93. The molecule has 1 atom stereocenters. The van der Waals surface area contributed by atoms with Crippen LogP contribution in [0.4, 0.5) is 5.82 Å². The van der Waals surface area contributed by atoms with E-state index in [1.807, 2.05) is 26.0 Å². The van der Waals surface area contributed by atoms with Crippen molar-refractivity contribution in [1.82, 2.24) is 10.2 Å². The quantitative estimate of drug-likeness (QED) is 0.707. The van der Waals surface area contributed by atoms with Crippen LogP contribution in [0.5, 0.6) is 11.5 Å². The molecule has 1 aromatic heterocycles. The average Bonchev–Trinajstić information content (AvgIpc) is 2.86. The third kappa shape index (κ3) is 3.77. The molecule has 0 fully saturated rings. The van der Waals surface area contributed by atoms with Gasteiger partial charge in [-0.3, -0.25) is 14.7 Å². The molecule has 8 nitrogen and oxygen atoms in total. The lowest BCUT2D eigenvalue weighted by molar-refractivity contribution is -0.120. The number of ether oxygens (including phenoxy) is 2. The second kappa shape index (κ2) is 7.69. The van der Waals surface area contributed by atoms with E-state index in [1.54, 1.807) is 6.07 Å². The Hall–Kier alpha value is -2.68. The minimum Gasteiger partial charge on any atom is -0.490 e. The van der Waals surface area contributed by atoms with Crippen LogP contribution in [0.2, 0.25) is 0 Å². The number of rotatable bonds is 6. The number of H-pyrrole nitrogens is 1. The summed E-state index contributed by atoms with van der Waals surface area (Å²) in [6.45, 7) is 4.02. The molecule has 0 radical (unpaired) electrons. The number of nitrogens with one attached hydrogen (secondary N) is 2. The molecule has 4 N–H and O–H groups in total. The summed E-state index contributed by atoms with van der Waals surface area (Å²) in [6, 6.07) is 5.51. The number of hydrogen-bond acceptors (Lipinski definition) is 6. The average molecular weight is 376 g/mol. The van der Waals surface area contributed by atoms with Crippen molar-refractivity contribution in [1.29, 1.82) is 0 Å². The highest BCUT2D eigenvalue weighted by atomic mass is 32.2. The van der Waals surface area contributed by atoms with Crippen LogP contribution >= 0.6 is 11.8 Å². The zero-order valence-corrected chi connectivity index (χ0v) is 15.3. The van der Waals surface area contributed by atoms with E-state index in [1.165, 1.54) is 11.8 Å². The largest absolute Gasteiger partial charge is 0.490 e. The minimum absolute atomic E-state index is 0.0864. The first kappa shape index (κ1) is 18.1. The number of aromatic nitrogens is 2. The predicted molar refractivity (Wildman–Crippen MR) is 98.6 cm³/mol. The number of amides is 2. The molecule has 0 saturated heterocycles. The first-order chi connectivity index (χ1) is 12.5. The van der Waals surface area contributed by atoms with E-state index in [-0.39, 0.29) is 17.8 Å². The SMILES string of the molecule is CCOc1cc(C2SCC(=O)Nc3n[nH]c(C)c32)ccc1OCC(N)=O. The van der Waals surface area contributed by atoms with Gasteiger partial charge >= 0.3 is 0 Å². The number of benzene rings is 1. The lowest BCUT2D eigenvalue weighted by atomic mass is 10.0. The third-order valence-electron chi connectivity index (χ3n) is 3.84. The van der Waals surface area contributed by atoms with Crippen molar-refractivity contribution in [3.63, 3.8) is 0 Å². The van der Waals surface area contributed by atoms with Crippen molar-refractivity contribution in [3.8, 4) is 11.5 Å². The summed E-state index contributed by atoms with van der Waals surface area (Å²) in [5.74, 6) is 1.21. The number of fused-ring (bicyclic) bond motifs is 1. The van der Waals surface area contributed by atoms with E-state index in [0.717, 1.165) is 16.8 Å². The summed E-state index contributed by atoms with van der Waals surface area (Å²) in [5, 5.41) is 9.84. The van der Waals surface area contributed by atoms with Crippen molar-refractivity contribution in [2.45, 2.75) is 19.1 Å². The molecule has 0 spiro atoms. The highest BCUT2D eigenvalue weighted by Gasteiger charge is 2.28. The van der Waals surface area contributed by atoms with Crippen molar-refractivity contribution in [2.24, 2.45) is 5.73 Å². The van der Waals surface area contributed by atoms with Crippen LogP contribution in [0.1, 0.15) is 29.0 Å². The number of aromatic amines is 1. The summed E-state index contributed by atoms with van der Waals surface area (Å²) in [6.07, 6.45) is 0. The van der Waals surface area contributed by atoms with Crippen molar-refractivity contribution in [2.75, 3.05) is 24.3 Å². The molecule has 2 aromatic rings. The number of thioether (sulfide) groups is 1. The molecule has 2 heterocycles. The topological polar surface area (TPSA) is 119 Å². The highest BCUT2D eigenvalue weighted by molar-refractivity contribution is 8.00. The van der Waals surface area contributed by atoms with Crippen LogP contribution in [-0.2, 0) is 9.59 Å². The lowest BCUT2D eigenvalue weighted by Gasteiger charge is -2.18. The van der Waals surface area contributed by atoms with E-state index in [2.05, 4.69) is 15.5 Å². The van der Waals surface area contributed by atoms with Gasteiger partial charge in [0.1, 0.15) is 0 Å². The van der Waals surface area contributed by atoms with Gasteiger partial charge in [-0.2, -0.15) is 5.10 Å². The molecule has 26 heavy (non-hydrogen) atoms. The maximum Gasteiger partial charge on any atom is 0.255 e. The Morgan fingerprint density at radius 2 is 2.19 bits per heavy atom. The maximum atomic E-state index is 11.9. The van der Waals surface area contributed by atoms with Crippen molar-refractivity contribution < 1.29 is 19.1 Å². The number of primary amides is 1. The number of anilines is 1. The first-order valence-corrected chi connectivity index (χ1v) is 9.18. The summed E-state index contributed by atoms with van der Waals surface area (Å²) in [7, 11) is 0. The Labute approximate surface area is 154 Å². The molecule has 2 amide bonds. The van der Waals surface area contributed by atoms with Gasteiger partial charge in [0, 0.05) is 11.3 Å². The molecule has 1 aromatic carbocycles. The second-order valence-corrected chi connectivity index (χ2v) is 6.84. The van der Waals surface area contributed by atoms with Gasteiger partial charge in [0.2, 0.25) is 5.91 Å². The van der Waals surface area contributed by atoms with Gasteiger partial charge in [0.15, 0.2) is 23.9 Å². The molecule has 0 bridgehead atoms. The number of nitrogens with two attached hydrogens (primary N) is 1. The molecular formula is C17H20N4O4S. The number of aryl methyl sites for hydroxylation is 1. The van der Waals surface area contributed by atoms with Crippen molar-refractivity contribution in [3.05, 3.63) is 35.0 Å². The maximum absolute atomic E-state index is 11.9. The molecule has 3 rings (SSSR count). The van der Waals surface area contributed by atoms with E-state index < -0.39 is 5.91 Å². The fourth-order valence-electron chi connectivity index (χ4n) is 2.75. The molecule has 1 aliphatic heterocycles. The van der Waals surface area contributed by atoms with Gasteiger partial charge in [-0.05, 0) is 31.5 Å². The summed E-state index contributed by atoms with van der Waals surface area (Å²) >= 11 is 1.52. The first-order valence-electron chi connectivity index (χ1n) is 8.13. The Balaban J connectivity index is 1.98. The smallest absolute Gasteiger partial charge is 0.255 e. The number of carbonyl (C=O) groups is 2. The predicted octanol–water partition coefficient (Wildman–Crippen LogP) is 1.76. The van der Waals surface area contributed by atoms with E-state index in [9.17, 15) is 9.59 Å². The normalized spacial score (nSPS) is 16.4. The molecule has 1 aliphatic rings. The molecule has 138 valence electrons. The third-order valence-corrected chi connectivity index (χ3v) is 5.11. The monoisotopic (exact) mass is 376 g/mol. The molecule has 1 unspecified atom stereocenters. The second-order valence-electron chi connectivity index (χ2n) is 5.74. The van der Waals surface area contributed by atoms with E-state index >= 15 is 0 Å². The van der Waals surface area contributed by atoms with Gasteiger partial charge in [-0.15, -0.1) is 11.8 Å². The van der Waals surface area contributed by atoms with Crippen LogP contribution in [0.3, 0.4) is 0 Å². The standard InChI is InChI=1S/C17H20N4O4S/c1-3-24-12-6-10(4-5-11(12)25-7-13(18)22)16-15-9(2)20-21-17(15)19-14(23)8-26-16/h4-6,16H,3,7-8H2,1-2H3,(H2,18,22)(H2,19,20,21,23). The molecular weight excluding hydrogens is 356 g/mol. The molecule has 0 saturated carbocycles. The van der Waals surface area contributed by atoms with Crippen LogP contribution in [-0.4, -0.2) is 41.0 Å². The Bertz CT molecular complexity index is 836. The highest BCUT2D eigenvalue weighted by Crippen LogP contribution is 2.44. The zero-order chi connectivity index (χ0) is 18.7. The number of nitrogens with zero attached hydrogens (tertiary/aromatic N) is 1. The number of carbonyl (C=O) groups excluding carboxylic acids is 2. The Morgan fingerprint density at radius 3 is 2.92 bits per heavy atom. The van der Waals surface area contributed by atoms with Crippen LogP contribution in [0.25, 0.3) is 0 Å². The van der Waals surface area contributed by atoms with E-state index in [4.69, 9.17) is 15.2 Å². The minimum atomic E-state index is -0.556. The number of hydrogen-bond donors (Lipinski definition) is 3. The van der Waals surface area contributed by atoms with Gasteiger partial charge in [-0.25, -0.2) is 0 Å². The van der Waals surface area contributed by atoms with Crippen LogP contribution in [0, 0.1) is 6.92 Å². The van der Waals surface area contributed by atoms with Gasteiger partial charge in [-0.1, -0.05) is 6.07 Å². The summed E-state index contributed by atoms with van der Waals surface area (Å²) in [4.78, 5) is 22.9. The fourth-order valence-corrected chi connectivity index (χ4v) is 3.94. The van der Waals surface area contributed by atoms with Crippen LogP contribution in [0.15, 0.2) is 18.2 Å². The summed E-state index contributed by atoms with van der Waals surface area (Å²) < 4.78 is 11.1. The lowest BCUT2D eigenvalue weighted by Crippen LogP contribution is -2.20. The molecule has 9 heteroatoms. The zero-order valence-electron chi connectivity index (χ0n) is 14.5. The van der Waals surface area contributed by atoms with Gasteiger partial charge in [0.05, 0.1) is 17.6 Å². The Morgan fingerprint density at radius 1 is 1.38 bits per heavy atom. The Kier molecular flexibility index (Phi) is 5.36. The molecule has 0 aliphatic carbocycles.